The molecule has 0 aromatic carbocycles. The highest BCUT2D eigenvalue weighted by Gasteiger charge is 2.33. The summed E-state index contributed by atoms with van der Waals surface area (Å²) in [4.78, 5) is 10.1. The Balaban J connectivity index is 3.00. The van der Waals surface area contributed by atoms with Crippen LogP contribution >= 0.6 is 11.3 Å². The molecule has 0 radical (unpaired) electrons. The van der Waals surface area contributed by atoms with E-state index < -0.39 is 17.7 Å². The molecule has 6 heteroatoms. The second-order valence-corrected chi connectivity index (χ2v) is 3.15. The Kier molecular flexibility index (Phi) is 2.95. The molecular weight excluding hydrogens is 217 g/mol. The normalized spacial score (nSPS) is 12.2. The van der Waals surface area contributed by atoms with Crippen LogP contribution in [0.2, 0.25) is 0 Å². The molecule has 14 heavy (non-hydrogen) atoms. The van der Waals surface area contributed by atoms with E-state index in [9.17, 15) is 18.0 Å². The van der Waals surface area contributed by atoms with E-state index >= 15 is 0 Å². The fraction of sp³-hybridized carbons (Fsp3) is 0.125. The van der Waals surface area contributed by atoms with Crippen LogP contribution in [-0.2, 0) is 11.0 Å². The number of hydrogen-bond donors (Lipinski definition) is 1. The van der Waals surface area contributed by atoms with Crippen molar-refractivity contribution in [2.75, 3.05) is 0 Å². The molecule has 0 saturated heterocycles. The molecule has 1 aromatic rings. The van der Waals surface area contributed by atoms with Gasteiger partial charge in [-0.05, 0) is 17.0 Å². The molecule has 0 spiro atoms. The Bertz CT molecular complexity index is 365. The molecule has 0 aliphatic heterocycles. The van der Waals surface area contributed by atoms with Crippen molar-refractivity contribution in [2.45, 2.75) is 6.18 Å². The van der Waals surface area contributed by atoms with Crippen molar-refractivity contribution >= 4 is 23.4 Å². The van der Waals surface area contributed by atoms with Crippen molar-refractivity contribution < 1.29 is 23.1 Å². The minimum Gasteiger partial charge on any atom is -0.478 e. The van der Waals surface area contributed by atoms with Crippen LogP contribution in [0.4, 0.5) is 13.2 Å². The number of carboxylic acid groups (broad SMARTS) is 1. The standard InChI is InChI=1S/C8H5F3O2S/c9-8(10,11)6-4-14-3-5(6)1-2-7(12)13/h1-4H,(H,12,13)/b2-1+. The number of carboxylic acids is 1. The Morgan fingerprint density at radius 2 is 2.07 bits per heavy atom. The van der Waals surface area contributed by atoms with Crippen LogP contribution < -0.4 is 0 Å². The summed E-state index contributed by atoms with van der Waals surface area (Å²) in [6, 6.07) is 0. The molecule has 0 fully saturated rings. The lowest BCUT2D eigenvalue weighted by molar-refractivity contribution is -0.137. The molecular formula is C8H5F3O2S. The van der Waals surface area contributed by atoms with Gasteiger partial charge in [0, 0.05) is 11.5 Å². The van der Waals surface area contributed by atoms with Gasteiger partial charge < -0.3 is 5.11 Å². The number of carbonyl (C=O) groups is 1. The van der Waals surface area contributed by atoms with Crippen molar-refractivity contribution in [3.63, 3.8) is 0 Å². The zero-order chi connectivity index (χ0) is 10.8. The largest absolute Gasteiger partial charge is 0.478 e. The number of thiophene rings is 1. The molecule has 0 saturated carbocycles. The summed E-state index contributed by atoms with van der Waals surface area (Å²) in [6.07, 6.45) is -2.82. The predicted molar refractivity (Wildman–Crippen MR) is 46.0 cm³/mol. The smallest absolute Gasteiger partial charge is 0.417 e. The first-order chi connectivity index (χ1) is 6.41. The van der Waals surface area contributed by atoms with Gasteiger partial charge >= 0.3 is 12.1 Å². The monoisotopic (exact) mass is 222 g/mol. The molecule has 0 unspecified atom stereocenters. The van der Waals surface area contributed by atoms with E-state index in [1.807, 2.05) is 0 Å². The van der Waals surface area contributed by atoms with Gasteiger partial charge in [0.2, 0.25) is 0 Å². The molecule has 76 valence electrons. The zero-order valence-corrected chi connectivity index (χ0v) is 7.52. The molecule has 0 atom stereocenters. The van der Waals surface area contributed by atoms with Crippen LogP contribution in [-0.4, -0.2) is 11.1 Å². The second-order valence-electron chi connectivity index (χ2n) is 2.41. The van der Waals surface area contributed by atoms with Gasteiger partial charge in [0.1, 0.15) is 0 Å². The minimum absolute atomic E-state index is 0.120. The number of hydrogen-bond acceptors (Lipinski definition) is 2. The fourth-order valence-electron chi connectivity index (χ4n) is 0.828. The average molecular weight is 222 g/mol. The summed E-state index contributed by atoms with van der Waals surface area (Å²) in [6.45, 7) is 0. The van der Waals surface area contributed by atoms with E-state index in [4.69, 9.17) is 5.11 Å². The maximum Gasteiger partial charge on any atom is 0.417 e. The van der Waals surface area contributed by atoms with Crippen molar-refractivity contribution in [1.29, 1.82) is 0 Å². The first-order valence-electron chi connectivity index (χ1n) is 3.45. The van der Waals surface area contributed by atoms with Crippen LogP contribution in [0.25, 0.3) is 6.08 Å². The summed E-state index contributed by atoms with van der Waals surface area (Å²) in [5.41, 5.74) is -0.926. The maximum absolute atomic E-state index is 12.2. The van der Waals surface area contributed by atoms with Gasteiger partial charge in [0.15, 0.2) is 0 Å². The molecule has 0 aliphatic carbocycles. The summed E-state index contributed by atoms with van der Waals surface area (Å²) in [7, 11) is 0. The molecule has 1 rings (SSSR count). The van der Waals surface area contributed by atoms with Gasteiger partial charge in [-0.15, -0.1) is 0 Å². The van der Waals surface area contributed by atoms with Gasteiger partial charge in [-0.1, -0.05) is 0 Å². The third-order valence-corrected chi connectivity index (χ3v) is 2.16. The topological polar surface area (TPSA) is 37.3 Å². The fourth-order valence-corrected chi connectivity index (χ4v) is 1.65. The first kappa shape index (κ1) is 10.8. The third-order valence-electron chi connectivity index (χ3n) is 1.40. The van der Waals surface area contributed by atoms with E-state index in [-0.39, 0.29) is 5.56 Å². The van der Waals surface area contributed by atoms with Crippen molar-refractivity contribution in [3.8, 4) is 0 Å². The highest BCUT2D eigenvalue weighted by molar-refractivity contribution is 7.08. The Morgan fingerprint density at radius 3 is 2.57 bits per heavy atom. The van der Waals surface area contributed by atoms with Crippen LogP contribution in [0.3, 0.4) is 0 Å². The molecule has 0 amide bonds. The number of halogens is 3. The number of alkyl halides is 3. The molecule has 0 aliphatic rings. The van der Waals surface area contributed by atoms with Crippen LogP contribution in [0.15, 0.2) is 16.8 Å². The summed E-state index contributed by atoms with van der Waals surface area (Å²) in [5.74, 6) is -1.27. The third kappa shape index (κ3) is 2.59. The highest BCUT2D eigenvalue weighted by atomic mass is 32.1. The quantitative estimate of drug-likeness (QED) is 0.781. The molecule has 1 heterocycles. The molecule has 2 nitrogen and oxygen atoms in total. The zero-order valence-electron chi connectivity index (χ0n) is 6.71. The number of rotatable bonds is 2. The van der Waals surface area contributed by atoms with Crippen LogP contribution in [0, 0.1) is 0 Å². The van der Waals surface area contributed by atoms with E-state index in [0.29, 0.717) is 6.08 Å². The van der Waals surface area contributed by atoms with Gasteiger partial charge in [-0.2, -0.15) is 24.5 Å². The van der Waals surface area contributed by atoms with Crippen molar-refractivity contribution in [1.82, 2.24) is 0 Å². The molecule has 1 N–H and O–H groups in total. The second kappa shape index (κ2) is 3.83. The Hall–Kier alpha value is -1.30. The summed E-state index contributed by atoms with van der Waals surface area (Å²) in [5, 5.41) is 10.4. The van der Waals surface area contributed by atoms with Crippen LogP contribution in [0.5, 0.6) is 0 Å². The Labute approximate surface area is 81.3 Å². The first-order valence-corrected chi connectivity index (χ1v) is 4.40. The lowest BCUT2D eigenvalue weighted by Gasteiger charge is -2.04. The average Bonchev–Trinajstić information content (AvgIpc) is 2.46. The van der Waals surface area contributed by atoms with Gasteiger partial charge in [0.05, 0.1) is 5.56 Å². The lowest BCUT2D eigenvalue weighted by atomic mass is 10.2. The molecule has 1 aromatic heterocycles. The van der Waals surface area contributed by atoms with E-state index in [1.54, 1.807) is 0 Å². The SMILES string of the molecule is O=C(O)/C=C/c1cscc1C(F)(F)F. The van der Waals surface area contributed by atoms with Crippen molar-refractivity contribution in [3.05, 3.63) is 28.0 Å². The van der Waals surface area contributed by atoms with E-state index in [1.165, 1.54) is 5.38 Å². The van der Waals surface area contributed by atoms with Gasteiger partial charge in [-0.3, -0.25) is 0 Å². The van der Waals surface area contributed by atoms with E-state index in [2.05, 4.69) is 0 Å². The van der Waals surface area contributed by atoms with Gasteiger partial charge in [0.25, 0.3) is 0 Å². The van der Waals surface area contributed by atoms with Crippen LogP contribution in [0.1, 0.15) is 11.1 Å². The lowest BCUT2D eigenvalue weighted by Crippen LogP contribution is -2.04. The van der Waals surface area contributed by atoms with Crippen molar-refractivity contribution in [2.24, 2.45) is 0 Å². The maximum atomic E-state index is 12.2. The predicted octanol–water partition coefficient (Wildman–Crippen LogP) is 2.86. The number of aliphatic carboxylic acids is 1. The van der Waals surface area contributed by atoms with E-state index in [0.717, 1.165) is 22.8 Å². The summed E-state index contributed by atoms with van der Waals surface area (Å²) >= 11 is 0.881. The summed E-state index contributed by atoms with van der Waals surface area (Å²) < 4.78 is 36.7. The highest BCUT2D eigenvalue weighted by Crippen LogP contribution is 2.34. The minimum atomic E-state index is -4.43. The van der Waals surface area contributed by atoms with Gasteiger partial charge in [-0.25, -0.2) is 4.79 Å². The molecule has 0 bridgehead atoms. The Morgan fingerprint density at radius 1 is 1.43 bits per heavy atom.